The summed E-state index contributed by atoms with van der Waals surface area (Å²) in [5, 5.41) is 0. The van der Waals surface area contributed by atoms with Crippen LogP contribution in [0.1, 0.15) is 18.4 Å². The Balaban J connectivity index is 2.38. The summed E-state index contributed by atoms with van der Waals surface area (Å²) in [6, 6.07) is 5.98. The van der Waals surface area contributed by atoms with E-state index in [9.17, 15) is 9.18 Å². The predicted molar refractivity (Wildman–Crippen MR) is 60.5 cm³/mol. The molecule has 1 heterocycles. The molecule has 5 heteroatoms. The number of carbonyl (C=O) groups excluding carboxylic acids is 1. The topological polar surface area (TPSA) is 64.3 Å². The SMILES string of the molecule is NNC(=O)C1(c2ccc(F)cc2)CCOCC1. The molecule has 0 atom stereocenters. The second-order valence-electron chi connectivity index (χ2n) is 4.17. The Labute approximate surface area is 98.9 Å². The van der Waals surface area contributed by atoms with Gasteiger partial charge in [0.15, 0.2) is 0 Å². The molecule has 1 amide bonds. The molecule has 1 saturated heterocycles. The molecule has 17 heavy (non-hydrogen) atoms. The Hall–Kier alpha value is -1.46. The average molecular weight is 238 g/mol. The molecule has 1 aromatic carbocycles. The lowest BCUT2D eigenvalue weighted by Crippen LogP contribution is -2.50. The largest absolute Gasteiger partial charge is 0.381 e. The van der Waals surface area contributed by atoms with Gasteiger partial charge in [0.25, 0.3) is 0 Å². The number of carbonyl (C=O) groups is 1. The maximum atomic E-state index is 12.9. The number of hydrogen-bond acceptors (Lipinski definition) is 3. The van der Waals surface area contributed by atoms with Crippen molar-refractivity contribution in [1.29, 1.82) is 0 Å². The second-order valence-corrected chi connectivity index (χ2v) is 4.17. The van der Waals surface area contributed by atoms with Crippen molar-refractivity contribution < 1.29 is 13.9 Å². The van der Waals surface area contributed by atoms with Crippen LogP contribution >= 0.6 is 0 Å². The molecule has 0 spiro atoms. The normalized spacial score (nSPS) is 18.7. The fraction of sp³-hybridized carbons (Fsp3) is 0.417. The van der Waals surface area contributed by atoms with Gasteiger partial charge in [-0.15, -0.1) is 0 Å². The molecule has 0 saturated carbocycles. The summed E-state index contributed by atoms with van der Waals surface area (Å²) in [7, 11) is 0. The highest BCUT2D eigenvalue weighted by Gasteiger charge is 2.41. The lowest BCUT2D eigenvalue weighted by molar-refractivity contribution is -0.130. The van der Waals surface area contributed by atoms with Gasteiger partial charge in [-0.25, -0.2) is 10.2 Å². The smallest absolute Gasteiger partial charge is 0.244 e. The summed E-state index contributed by atoms with van der Waals surface area (Å²) < 4.78 is 18.2. The quantitative estimate of drug-likeness (QED) is 0.456. The van der Waals surface area contributed by atoms with Gasteiger partial charge in [0, 0.05) is 13.2 Å². The van der Waals surface area contributed by atoms with Crippen LogP contribution < -0.4 is 11.3 Å². The second kappa shape index (κ2) is 4.81. The summed E-state index contributed by atoms with van der Waals surface area (Å²) in [5.41, 5.74) is 2.29. The molecule has 0 unspecified atom stereocenters. The molecule has 92 valence electrons. The number of hydrogen-bond donors (Lipinski definition) is 2. The first-order valence-electron chi connectivity index (χ1n) is 5.54. The summed E-state index contributed by atoms with van der Waals surface area (Å²) in [4.78, 5) is 12.0. The minimum atomic E-state index is -0.694. The van der Waals surface area contributed by atoms with E-state index in [0.717, 1.165) is 5.56 Å². The van der Waals surface area contributed by atoms with Crippen LogP contribution in [-0.2, 0) is 14.9 Å². The van der Waals surface area contributed by atoms with Crippen molar-refractivity contribution in [3.05, 3.63) is 35.6 Å². The molecule has 2 rings (SSSR count). The van der Waals surface area contributed by atoms with Crippen LogP contribution in [0.15, 0.2) is 24.3 Å². The van der Waals surface area contributed by atoms with E-state index >= 15 is 0 Å². The molecule has 4 nitrogen and oxygen atoms in total. The molecular formula is C12H15FN2O2. The number of hydrazine groups is 1. The monoisotopic (exact) mass is 238 g/mol. The van der Waals surface area contributed by atoms with Gasteiger partial charge in [0.05, 0.1) is 5.41 Å². The first-order chi connectivity index (χ1) is 8.19. The van der Waals surface area contributed by atoms with Gasteiger partial charge in [-0.1, -0.05) is 12.1 Å². The number of benzene rings is 1. The van der Waals surface area contributed by atoms with Gasteiger partial charge in [-0.05, 0) is 30.5 Å². The first-order valence-corrected chi connectivity index (χ1v) is 5.54. The van der Waals surface area contributed by atoms with Crippen molar-refractivity contribution in [2.75, 3.05) is 13.2 Å². The van der Waals surface area contributed by atoms with E-state index in [4.69, 9.17) is 10.6 Å². The van der Waals surface area contributed by atoms with Crippen LogP contribution in [0.25, 0.3) is 0 Å². The summed E-state index contributed by atoms with van der Waals surface area (Å²) in [6.07, 6.45) is 1.11. The summed E-state index contributed by atoms with van der Waals surface area (Å²) in [6.45, 7) is 1.01. The molecule has 0 bridgehead atoms. The van der Waals surface area contributed by atoms with E-state index in [2.05, 4.69) is 5.43 Å². The van der Waals surface area contributed by atoms with Crippen LogP contribution in [-0.4, -0.2) is 19.1 Å². The van der Waals surface area contributed by atoms with E-state index in [1.54, 1.807) is 12.1 Å². The zero-order valence-corrected chi connectivity index (χ0v) is 9.41. The highest BCUT2D eigenvalue weighted by molar-refractivity contribution is 5.87. The fourth-order valence-electron chi connectivity index (χ4n) is 2.27. The summed E-state index contributed by atoms with van der Waals surface area (Å²) in [5.74, 6) is 4.68. The van der Waals surface area contributed by atoms with Gasteiger partial charge < -0.3 is 4.74 Å². The molecule has 0 aromatic heterocycles. The lowest BCUT2D eigenvalue weighted by Gasteiger charge is -2.35. The van der Waals surface area contributed by atoms with Crippen molar-refractivity contribution in [2.24, 2.45) is 5.84 Å². The maximum absolute atomic E-state index is 12.9. The Kier molecular flexibility index (Phi) is 3.40. The third-order valence-corrected chi connectivity index (χ3v) is 3.31. The van der Waals surface area contributed by atoms with Crippen LogP contribution in [0.2, 0.25) is 0 Å². The molecule has 1 aliphatic rings. The van der Waals surface area contributed by atoms with E-state index in [-0.39, 0.29) is 11.7 Å². The van der Waals surface area contributed by atoms with Crippen molar-refractivity contribution in [2.45, 2.75) is 18.3 Å². The molecule has 0 radical (unpaired) electrons. The Morgan fingerprint density at radius 2 is 1.88 bits per heavy atom. The lowest BCUT2D eigenvalue weighted by atomic mass is 9.73. The van der Waals surface area contributed by atoms with Crippen molar-refractivity contribution >= 4 is 5.91 Å². The zero-order chi connectivity index (χ0) is 12.3. The average Bonchev–Trinajstić information content (AvgIpc) is 2.39. The minimum Gasteiger partial charge on any atom is -0.381 e. The highest BCUT2D eigenvalue weighted by Crippen LogP contribution is 2.35. The Morgan fingerprint density at radius 3 is 2.41 bits per heavy atom. The van der Waals surface area contributed by atoms with Gasteiger partial charge in [0.1, 0.15) is 5.82 Å². The van der Waals surface area contributed by atoms with Gasteiger partial charge in [0.2, 0.25) is 5.91 Å². The van der Waals surface area contributed by atoms with E-state index in [0.29, 0.717) is 26.1 Å². The number of nitrogens with two attached hydrogens (primary N) is 1. The van der Waals surface area contributed by atoms with Crippen molar-refractivity contribution in [3.8, 4) is 0 Å². The molecule has 1 aromatic rings. The van der Waals surface area contributed by atoms with Crippen LogP contribution in [0, 0.1) is 5.82 Å². The number of amides is 1. The maximum Gasteiger partial charge on any atom is 0.244 e. The third kappa shape index (κ3) is 2.16. The fourth-order valence-corrected chi connectivity index (χ4v) is 2.27. The zero-order valence-electron chi connectivity index (χ0n) is 9.41. The molecule has 0 aliphatic carbocycles. The van der Waals surface area contributed by atoms with E-state index in [1.807, 2.05) is 0 Å². The molecule has 1 fully saturated rings. The van der Waals surface area contributed by atoms with E-state index in [1.165, 1.54) is 12.1 Å². The molecular weight excluding hydrogens is 223 g/mol. The van der Waals surface area contributed by atoms with Crippen molar-refractivity contribution in [3.63, 3.8) is 0 Å². The minimum absolute atomic E-state index is 0.243. The van der Waals surface area contributed by atoms with Crippen LogP contribution in [0.4, 0.5) is 4.39 Å². The van der Waals surface area contributed by atoms with Gasteiger partial charge in [-0.2, -0.15) is 0 Å². The standard InChI is InChI=1S/C12H15FN2O2/c13-10-3-1-9(2-4-10)12(11(16)15-14)5-7-17-8-6-12/h1-4H,5-8,14H2,(H,15,16). The highest BCUT2D eigenvalue weighted by atomic mass is 19.1. The van der Waals surface area contributed by atoms with Crippen LogP contribution in [0.5, 0.6) is 0 Å². The van der Waals surface area contributed by atoms with E-state index < -0.39 is 5.41 Å². The molecule has 3 N–H and O–H groups in total. The Morgan fingerprint density at radius 1 is 1.29 bits per heavy atom. The summed E-state index contributed by atoms with van der Waals surface area (Å²) >= 11 is 0. The van der Waals surface area contributed by atoms with Crippen molar-refractivity contribution in [1.82, 2.24) is 5.43 Å². The molecule has 1 aliphatic heterocycles. The number of rotatable bonds is 2. The predicted octanol–water partition coefficient (Wildman–Crippen LogP) is 0.864. The number of ether oxygens (including phenoxy) is 1. The Bertz CT molecular complexity index is 399. The number of nitrogens with one attached hydrogen (secondary N) is 1. The number of halogens is 1. The van der Waals surface area contributed by atoms with Gasteiger partial charge in [-0.3, -0.25) is 10.2 Å². The third-order valence-electron chi connectivity index (χ3n) is 3.31. The van der Waals surface area contributed by atoms with Crippen LogP contribution in [0.3, 0.4) is 0 Å². The first kappa shape index (κ1) is 12.0. The van der Waals surface area contributed by atoms with Gasteiger partial charge >= 0.3 is 0 Å².